The monoisotopic (exact) mass is 314 g/mol. The standard InChI is InChI=1S/C13H12F2N2O3S/c1-20-11-7-8(16)5-6-12(11)21(18,19)17-13-9(14)3-2-4-10(13)15/h2-7,17H,16H2,1H3. The van der Waals surface area contributed by atoms with Gasteiger partial charge in [-0.15, -0.1) is 0 Å². The van der Waals surface area contributed by atoms with Gasteiger partial charge in [0.1, 0.15) is 28.0 Å². The van der Waals surface area contributed by atoms with Gasteiger partial charge in [0.25, 0.3) is 10.0 Å². The first-order chi connectivity index (χ1) is 9.85. The van der Waals surface area contributed by atoms with Crippen LogP contribution < -0.4 is 15.2 Å². The molecule has 112 valence electrons. The number of rotatable bonds is 4. The molecule has 0 aliphatic heterocycles. The van der Waals surface area contributed by atoms with E-state index < -0.39 is 27.3 Å². The van der Waals surface area contributed by atoms with Crippen LogP contribution in [0.3, 0.4) is 0 Å². The van der Waals surface area contributed by atoms with Gasteiger partial charge in [-0.3, -0.25) is 4.72 Å². The van der Waals surface area contributed by atoms with Crippen LogP contribution in [0.15, 0.2) is 41.3 Å². The zero-order valence-corrected chi connectivity index (χ0v) is 11.7. The molecule has 0 fully saturated rings. The Morgan fingerprint density at radius 1 is 1.14 bits per heavy atom. The summed E-state index contributed by atoms with van der Waals surface area (Å²) in [4.78, 5) is -0.276. The van der Waals surface area contributed by atoms with Gasteiger partial charge >= 0.3 is 0 Å². The van der Waals surface area contributed by atoms with Crippen LogP contribution in [0.2, 0.25) is 0 Å². The summed E-state index contributed by atoms with van der Waals surface area (Å²) in [7, 11) is -2.97. The molecule has 0 atom stereocenters. The lowest BCUT2D eigenvalue weighted by atomic mass is 10.3. The van der Waals surface area contributed by atoms with Crippen molar-refractivity contribution in [2.75, 3.05) is 17.6 Å². The number of sulfonamides is 1. The summed E-state index contributed by atoms with van der Waals surface area (Å²) in [6.45, 7) is 0. The molecule has 8 heteroatoms. The highest BCUT2D eigenvalue weighted by Crippen LogP contribution is 2.29. The van der Waals surface area contributed by atoms with Crippen molar-refractivity contribution in [1.82, 2.24) is 0 Å². The quantitative estimate of drug-likeness (QED) is 0.849. The second kappa shape index (κ2) is 5.57. The van der Waals surface area contributed by atoms with E-state index in [4.69, 9.17) is 10.5 Å². The second-order valence-corrected chi connectivity index (χ2v) is 5.76. The third-order valence-corrected chi connectivity index (χ3v) is 4.07. The van der Waals surface area contributed by atoms with Crippen LogP contribution in [0.25, 0.3) is 0 Å². The Kier molecular flexibility index (Phi) is 3.99. The number of nitrogen functional groups attached to an aromatic ring is 1. The minimum atomic E-state index is -4.23. The molecule has 0 radical (unpaired) electrons. The maximum atomic E-state index is 13.5. The molecule has 2 aromatic rings. The largest absolute Gasteiger partial charge is 0.495 e. The van der Waals surface area contributed by atoms with Gasteiger partial charge in [-0.1, -0.05) is 6.07 Å². The molecule has 2 aromatic carbocycles. The predicted molar refractivity (Wildman–Crippen MR) is 74.6 cm³/mol. The molecule has 0 unspecified atom stereocenters. The molecule has 0 aromatic heterocycles. The summed E-state index contributed by atoms with van der Waals surface area (Å²) in [6.07, 6.45) is 0. The van der Waals surface area contributed by atoms with E-state index in [1.165, 1.54) is 25.3 Å². The van der Waals surface area contributed by atoms with E-state index in [1.54, 1.807) is 0 Å². The number of hydrogen-bond donors (Lipinski definition) is 2. The summed E-state index contributed by atoms with van der Waals surface area (Å²) in [5.41, 5.74) is 5.07. The highest BCUT2D eigenvalue weighted by Gasteiger charge is 2.22. The van der Waals surface area contributed by atoms with Crippen molar-refractivity contribution in [3.8, 4) is 5.75 Å². The number of halogens is 2. The van der Waals surface area contributed by atoms with E-state index in [2.05, 4.69) is 0 Å². The van der Waals surface area contributed by atoms with Gasteiger partial charge in [-0.2, -0.15) is 0 Å². The van der Waals surface area contributed by atoms with Crippen molar-refractivity contribution in [3.63, 3.8) is 0 Å². The van der Waals surface area contributed by atoms with Gasteiger partial charge in [0.15, 0.2) is 0 Å². The molecule has 0 heterocycles. The highest BCUT2D eigenvalue weighted by atomic mass is 32.2. The number of benzene rings is 2. The van der Waals surface area contributed by atoms with Gasteiger partial charge in [-0.25, -0.2) is 17.2 Å². The Balaban J connectivity index is 2.49. The molecule has 0 aliphatic carbocycles. The molecular weight excluding hydrogens is 302 g/mol. The van der Waals surface area contributed by atoms with Crippen LogP contribution >= 0.6 is 0 Å². The summed E-state index contributed by atoms with van der Waals surface area (Å²) in [5.74, 6) is -2.07. The summed E-state index contributed by atoms with van der Waals surface area (Å²) < 4.78 is 58.3. The first kappa shape index (κ1) is 15.0. The molecule has 21 heavy (non-hydrogen) atoms. The van der Waals surface area contributed by atoms with Gasteiger partial charge in [-0.05, 0) is 24.3 Å². The van der Waals surface area contributed by atoms with Crippen LogP contribution in [0, 0.1) is 11.6 Å². The molecule has 0 spiro atoms. The lowest BCUT2D eigenvalue weighted by Gasteiger charge is -2.13. The lowest BCUT2D eigenvalue weighted by Crippen LogP contribution is -2.16. The lowest BCUT2D eigenvalue weighted by molar-refractivity contribution is 0.403. The van der Waals surface area contributed by atoms with Crippen LogP contribution in [0.4, 0.5) is 20.2 Å². The van der Waals surface area contributed by atoms with Crippen molar-refractivity contribution in [3.05, 3.63) is 48.0 Å². The van der Waals surface area contributed by atoms with Gasteiger partial charge in [0.2, 0.25) is 0 Å². The normalized spacial score (nSPS) is 11.2. The maximum absolute atomic E-state index is 13.5. The SMILES string of the molecule is COc1cc(N)ccc1S(=O)(=O)Nc1c(F)cccc1F. The number of nitrogens with two attached hydrogens (primary N) is 1. The molecule has 2 rings (SSSR count). The van der Waals surface area contributed by atoms with Gasteiger partial charge in [0.05, 0.1) is 7.11 Å². The Labute approximate surface area is 120 Å². The number of para-hydroxylation sites is 1. The molecule has 5 nitrogen and oxygen atoms in total. The first-order valence-electron chi connectivity index (χ1n) is 5.75. The maximum Gasteiger partial charge on any atom is 0.265 e. The average molecular weight is 314 g/mol. The fourth-order valence-corrected chi connectivity index (χ4v) is 2.92. The van der Waals surface area contributed by atoms with E-state index in [1.807, 2.05) is 4.72 Å². The van der Waals surface area contributed by atoms with Gasteiger partial charge < -0.3 is 10.5 Å². The summed E-state index contributed by atoms with van der Waals surface area (Å²) in [5, 5.41) is 0. The fourth-order valence-electron chi connectivity index (χ4n) is 1.69. The highest BCUT2D eigenvalue weighted by molar-refractivity contribution is 7.92. The predicted octanol–water partition coefficient (Wildman–Crippen LogP) is 2.36. The van der Waals surface area contributed by atoms with E-state index in [-0.39, 0.29) is 10.6 Å². The number of ether oxygens (including phenoxy) is 1. The zero-order chi connectivity index (χ0) is 15.6. The second-order valence-electron chi connectivity index (χ2n) is 4.11. The number of hydrogen-bond acceptors (Lipinski definition) is 4. The molecule has 0 amide bonds. The Morgan fingerprint density at radius 3 is 2.33 bits per heavy atom. The third kappa shape index (κ3) is 3.05. The average Bonchev–Trinajstić information content (AvgIpc) is 2.42. The summed E-state index contributed by atoms with van der Waals surface area (Å²) in [6, 6.07) is 6.85. The molecule has 3 N–H and O–H groups in total. The zero-order valence-electron chi connectivity index (χ0n) is 10.9. The minimum absolute atomic E-state index is 0.0285. The number of nitrogens with one attached hydrogen (secondary N) is 1. The topological polar surface area (TPSA) is 81.4 Å². The van der Waals surface area contributed by atoms with Gasteiger partial charge in [0, 0.05) is 11.8 Å². The first-order valence-corrected chi connectivity index (χ1v) is 7.24. The van der Waals surface area contributed by atoms with Crippen molar-refractivity contribution in [1.29, 1.82) is 0 Å². The van der Waals surface area contributed by atoms with Crippen LogP contribution in [0.1, 0.15) is 0 Å². The van der Waals surface area contributed by atoms with Crippen LogP contribution in [0.5, 0.6) is 5.75 Å². The number of methoxy groups -OCH3 is 1. The molecule has 0 bridgehead atoms. The van der Waals surface area contributed by atoms with E-state index in [9.17, 15) is 17.2 Å². The van der Waals surface area contributed by atoms with Crippen molar-refractivity contribution < 1.29 is 21.9 Å². The molecule has 0 saturated heterocycles. The smallest absolute Gasteiger partial charge is 0.265 e. The molecular formula is C13H12F2N2O3S. The van der Waals surface area contributed by atoms with E-state index in [0.29, 0.717) is 5.69 Å². The summed E-state index contributed by atoms with van der Waals surface area (Å²) >= 11 is 0. The fraction of sp³-hybridized carbons (Fsp3) is 0.0769. The van der Waals surface area contributed by atoms with Crippen LogP contribution in [-0.4, -0.2) is 15.5 Å². The number of anilines is 2. The van der Waals surface area contributed by atoms with Crippen LogP contribution in [-0.2, 0) is 10.0 Å². The third-order valence-electron chi connectivity index (χ3n) is 2.68. The van der Waals surface area contributed by atoms with E-state index >= 15 is 0 Å². The van der Waals surface area contributed by atoms with Crippen molar-refractivity contribution in [2.24, 2.45) is 0 Å². The van der Waals surface area contributed by atoms with Crippen molar-refractivity contribution in [2.45, 2.75) is 4.90 Å². The minimum Gasteiger partial charge on any atom is -0.495 e. The Morgan fingerprint density at radius 2 is 1.76 bits per heavy atom. The van der Waals surface area contributed by atoms with E-state index in [0.717, 1.165) is 18.2 Å². The Bertz CT molecular complexity index is 759. The van der Waals surface area contributed by atoms with Crippen molar-refractivity contribution >= 4 is 21.4 Å². The Hall–Kier alpha value is -2.35. The molecule has 0 aliphatic rings. The molecule has 0 saturated carbocycles.